The lowest BCUT2D eigenvalue weighted by Crippen LogP contribution is -2.50. The van der Waals surface area contributed by atoms with Gasteiger partial charge in [0.05, 0.1) is 6.42 Å². The molecule has 0 bridgehead atoms. The molecule has 0 aromatic heterocycles. The summed E-state index contributed by atoms with van der Waals surface area (Å²) in [5.41, 5.74) is 4.91. The summed E-state index contributed by atoms with van der Waals surface area (Å²) in [7, 11) is 0. The monoisotopic (exact) mass is 255 g/mol. The average molecular weight is 255 g/mol. The van der Waals surface area contributed by atoms with Crippen LogP contribution >= 0.6 is 0 Å². The van der Waals surface area contributed by atoms with Gasteiger partial charge < -0.3 is 21.5 Å². The van der Waals surface area contributed by atoms with E-state index in [0.29, 0.717) is 0 Å². The van der Waals surface area contributed by atoms with Crippen LogP contribution in [0.4, 0.5) is 4.79 Å². The number of urea groups is 1. The average Bonchev–Trinajstić information content (AvgIpc) is 2.28. The number of allylic oxidation sites excluding steroid dienone is 1. The molecule has 3 amide bonds. The third kappa shape index (κ3) is 4.86. The first-order valence-corrected chi connectivity index (χ1v) is 5.72. The second kappa shape index (κ2) is 6.63. The fourth-order valence-corrected chi connectivity index (χ4v) is 1.71. The van der Waals surface area contributed by atoms with E-state index in [1.54, 1.807) is 0 Å². The molecule has 0 spiro atoms. The zero-order valence-corrected chi connectivity index (χ0v) is 9.89. The Morgan fingerprint density at radius 2 is 2.11 bits per heavy atom. The van der Waals surface area contributed by atoms with Crippen molar-refractivity contribution in [1.82, 2.24) is 10.6 Å². The zero-order chi connectivity index (χ0) is 13.5. The van der Waals surface area contributed by atoms with Crippen LogP contribution in [-0.2, 0) is 9.59 Å². The quantitative estimate of drug-likeness (QED) is 0.505. The van der Waals surface area contributed by atoms with Crippen molar-refractivity contribution in [2.75, 3.05) is 0 Å². The molecular formula is C11H17N3O4. The Labute approximate surface area is 104 Å². The third-order valence-corrected chi connectivity index (χ3v) is 2.61. The highest BCUT2D eigenvalue weighted by molar-refractivity contribution is 5.87. The van der Waals surface area contributed by atoms with E-state index in [1.807, 2.05) is 12.2 Å². The highest BCUT2D eigenvalue weighted by Crippen LogP contribution is 2.10. The smallest absolute Gasteiger partial charge is 0.326 e. The topological polar surface area (TPSA) is 122 Å². The molecule has 2 unspecified atom stereocenters. The van der Waals surface area contributed by atoms with Crippen molar-refractivity contribution >= 4 is 17.9 Å². The number of primary amides is 1. The van der Waals surface area contributed by atoms with Gasteiger partial charge in [0.15, 0.2) is 0 Å². The maximum Gasteiger partial charge on any atom is 0.326 e. The fraction of sp³-hybridized carbons (Fsp3) is 0.545. The van der Waals surface area contributed by atoms with Gasteiger partial charge in [0.1, 0.15) is 6.04 Å². The van der Waals surface area contributed by atoms with Gasteiger partial charge in [-0.05, 0) is 19.3 Å². The summed E-state index contributed by atoms with van der Waals surface area (Å²) in [4.78, 5) is 33.0. The fourth-order valence-electron chi connectivity index (χ4n) is 1.71. The minimum absolute atomic E-state index is 0.00183. The first-order valence-electron chi connectivity index (χ1n) is 5.72. The summed E-state index contributed by atoms with van der Waals surface area (Å²) in [5.74, 6) is -2.06. The van der Waals surface area contributed by atoms with Gasteiger partial charge >= 0.3 is 12.0 Å². The standard InChI is InChI=1S/C11H17N3O4/c12-9(15)6-8(10(16)17)14-11(18)13-7-4-2-1-3-5-7/h1-2,7-8H,3-6H2,(H2,12,15)(H,16,17)(H2,13,14,18). The number of hydrogen-bond donors (Lipinski definition) is 4. The number of amides is 3. The van der Waals surface area contributed by atoms with E-state index in [0.717, 1.165) is 19.3 Å². The Morgan fingerprint density at radius 1 is 1.39 bits per heavy atom. The molecule has 0 aliphatic heterocycles. The molecule has 0 heterocycles. The Balaban J connectivity index is 2.43. The second-order valence-corrected chi connectivity index (χ2v) is 4.16. The Hall–Kier alpha value is -2.05. The van der Waals surface area contributed by atoms with Crippen LogP contribution in [0.3, 0.4) is 0 Å². The van der Waals surface area contributed by atoms with Crippen molar-refractivity contribution in [3.05, 3.63) is 12.2 Å². The van der Waals surface area contributed by atoms with Gasteiger partial charge in [-0.2, -0.15) is 0 Å². The lowest BCUT2D eigenvalue weighted by Gasteiger charge is -2.21. The molecule has 7 heteroatoms. The number of carbonyl (C=O) groups is 3. The number of aliphatic carboxylic acids is 1. The minimum atomic E-state index is -1.29. The highest BCUT2D eigenvalue weighted by atomic mass is 16.4. The van der Waals surface area contributed by atoms with E-state index in [-0.39, 0.29) is 6.04 Å². The summed E-state index contributed by atoms with van der Waals surface area (Å²) < 4.78 is 0. The van der Waals surface area contributed by atoms with Crippen LogP contribution in [0.15, 0.2) is 12.2 Å². The van der Waals surface area contributed by atoms with E-state index in [4.69, 9.17) is 10.8 Å². The number of nitrogens with one attached hydrogen (secondary N) is 2. The van der Waals surface area contributed by atoms with Crippen molar-refractivity contribution < 1.29 is 19.5 Å². The number of carboxylic acids is 1. The highest BCUT2D eigenvalue weighted by Gasteiger charge is 2.23. The lowest BCUT2D eigenvalue weighted by molar-refractivity contribution is -0.140. The van der Waals surface area contributed by atoms with Gasteiger partial charge in [-0.15, -0.1) is 0 Å². The number of carbonyl (C=O) groups excluding carboxylic acids is 2. The van der Waals surface area contributed by atoms with Crippen LogP contribution < -0.4 is 16.4 Å². The molecule has 5 N–H and O–H groups in total. The molecule has 1 rings (SSSR count). The van der Waals surface area contributed by atoms with E-state index in [9.17, 15) is 14.4 Å². The molecule has 0 aromatic rings. The summed E-state index contributed by atoms with van der Waals surface area (Å²) in [5, 5.41) is 13.7. The van der Waals surface area contributed by atoms with Crippen molar-refractivity contribution in [1.29, 1.82) is 0 Å². The number of hydrogen-bond acceptors (Lipinski definition) is 3. The number of rotatable bonds is 5. The molecule has 0 saturated heterocycles. The third-order valence-electron chi connectivity index (χ3n) is 2.61. The van der Waals surface area contributed by atoms with E-state index >= 15 is 0 Å². The van der Waals surface area contributed by atoms with E-state index in [2.05, 4.69) is 10.6 Å². The minimum Gasteiger partial charge on any atom is -0.480 e. The SMILES string of the molecule is NC(=O)CC(NC(=O)NC1CC=CCC1)C(=O)O. The molecule has 0 radical (unpaired) electrons. The first-order chi connectivity index (χ1) is 8.49. The predicted octanol–water partition coefficient (Wildman–Crippen LogP) is -0.277. The Bertz CT molecular complexity index is 367. The molecule has 7 nitrogen and oxygen atoms in total. The number of carboxylic acid groups (broad SMARTS) is 1. The maximum atomic E-state index is 11.5. The van der Waals surface area contributed by atoms with Gasteiger partial charge in [0, 0.05) is 6.04 Å². The molecule has 100 valence electrons. The van der Waals surface area contributed by atoms with Crippen LogP contribution in [-0.4, -0.2) is 35.1 Å². The largest absolute Gasteiger partial charge is 0.480 e. The lowest BCUT2D eigenvalue weighted by atomic mass is 10.0. The maximum absolute atomic E-state index is 11.5. The van der Waals surface area contributed by atoms with Crippen molar-refractivity contribution in [2.24, 2.45) is 5.73 Å². The Morgan fingerprint density at radius 3 is 2.61 bits per heavy atom. The zero-order valence-electron chi connectivity index (χ0n) is 9.89. The molecule has 0 aromatic carbocycles. The first kappa shape index (κ1) is 14.0. The van der Waals surface area contributed by atoms with Gasteiger partial charge in [-0.25, -0.2) is 9.59 Å². The van der Waals surface area contributed by atoms with Crippen LogP contribution in [0.5, 0.6) is 0 Å². The van der Waals surface area contributed by atoms with E-state index in [1.165, 1.54) is 0 Å². The van der Waals surface area contributed by atoms with Crippen LogP contribution in [0, 0.1) is 0 Å². The normalized spacial score (nSPS) is 19.9. The molecule has 0 fully saturated rings. The Kier molecular flexibility index (Phi) is 5.16. The van der Waals surface area contributed by atoms with Crippen LogP contribution in [0.2, 0.25) is 0 Å². The van der Waals surface area contributed by atoms with Crippen LogP contribution in [0.25, 0.3) is 0 Å². The van der Waals surface area contributed by atoms with Gasteiger partial charge in [-0.3, -0.25) is 4.79 Å². The molecule has 1 aliphatic rings. The van der Waals surface area contributed by atoms with Gasteiger partial charge in [0.25, 0.3) is 0 Å². The molecule has 18 heavy (non-hydrogen) atoms. The second-order valence-electron chi connectivity index (χ2n) is 4.16. The molecule has 0 saturated carbocycles. The summed E-state index contributed by atoms with van der Waals surface area (Å²) in [6.45, 7) is 0. The number of nitrogens with two attached hydrogens (primary N) is 1. The summed E-state index contributed by atoms with van der Waals surface area (Å²) >= 11 is 0. The predicted molar refractivity (Wildman–Crippen MR) is 63.7 cm³/mol. The summed E-state index contributed by atoms with van der Waals surface area (Å²) in [6.07, 6.45) is 6.00. The van der Waals surface area contributed by atoms with Crippen molar-refractivity contribution in [2.45, 2.75) is 37.8 Å². The summed E-state index contributed by atoms with van der Waals surface area (Å²) in [6, 6.07) is -1.89. The van der Waals surface area contributed by atoms with Gasteiger partial charge in [-0.1, -0.05) is 12.2 Å². The molecule has 1 aliphatic carbocycles. The van der Waals surface area contributed by atoms with Crippen molar-refractivity contribution in [3.63, 3.8) is 0 Å². The van der Waals surface area contributed by atoms with E-state index < -0.39 is 30.4 Å². The molecule has 2 atom stereocenters. The van der Waals surface area contributed by atoms with Crippen molar-refractivity contribution in [3.8, 4) is 0 Å². The van der Waals surface area contributed by atoms with Gasteiger partial charge in [0.2, 0.25) is 5.91 Å². The molecular weight excluding hydrogens is 238 g/mol. The van der Waals surface area contributed by atoms with Crippen LogP contribution in [0.1, 0.15) is 25.7 Å².